The molecule has 0 saturated heterocycles. The van der Waals surface area contributed by atoms with Crippen molar-refractivity contribution in [3.8, 4) is 0 Å². The molecule has 7 nitrogen and oxygen atoms in total. The van der Waals surface area contributed by atoms with Crippen LogP contribution in [0.3, 0.4) is 0 Å². The second-order valence-electron chi connectivity index (χ2n) is 3.15. The van der Waals surface area contributed by atoms with Crippen molar-refractivity contribution < 1.29 is 31.3 Å². The molecule has 0 aliphatic rings. The first kappa shape index (κ1) is 14.9. The van der Waals surface area contributed by atoms with Gasteiger partial charge in [-0.2, -0.15) is 13.2 Å². The van der Waals surface area contributed by atoms with Crippen LogP contribution in [0.25, 0.3) is 0 Å². The molecule has 0 radical (unpaired) electrons. The SMILES string of the molecule is O=CNc1ccc(S(=O)(=O)C(F)(F)F)cc1[N+](=O)[O-]. The molecule has 0 saturated carbocycles. The number of nitro groups is 1. The summed E-state index contributed by atoms with van der Waals surface area (Å²) < 4.78 is 58.9. The van der Waals surface area contributed by atoms with Crippen LogP contribution in [0, 0.1) is 10.1 Å². The van der Waals surface area contributed by atoms with Crippen molar-refractivity contribution in [3.05, 3.63) is 28.3 Å². The zero-order chi connectivity index (χ0) is 14.8. The van der Waals surface area contributed by atoms with E-state index in [-0.39, 0.29) is 12.5 Å². The van der Waals surface area contributed by atoms with Crippen LogP contribution in [0.5, 0.6) is 0 Å². The molecule has 1 aromatic rings. The molecule has 1 N–H and O–H groups in total. The minimum Gasteiger partial charge on any atom is -0.323 e. The number of anilines is 1. The van der Waals surface area contributed by atoms with Gasteiger partial charge in [-0.15, -0.1) is 0 Å². The number of rotatable bonds is 4. The average Bonchev–Trinajstić information content (AvgIpc) is 2.27. The summed E-state index contributed by atoms with van der Waals surface area (Å²) in [5.41, 5.74) is -6.95. The minimum atomic E-state index is -5.68. The molecule has 19 heavy (non-hydrogen) atoms. The monoisotopic (exact) mass is 298 g/mol. The maximum absolute atomic E-state index is 12.3. The smallest absolute Gasteiger partial charge is 0.323 e. The molecule has 1 aromatic carbocycles. The topological polar surface area (TPSA) is 106 Å². The van der Waals surface area contributed by atoms with Crippen LogP contribution in [0.2, 0.25) is 0 Å². The lowest BCUT2D eigenvalue weighted by atomic mass is 10.3. The van der Waals surface area contributed by atoms with Crippen molar-refractivity contribution in [1.29, 1.82) is 0 Å². The summed E-state index contributed by atoms with van der Waals surface area (Å²) in [7, 11) is -5.68. The van der Waals surface area contributed by atoms with Gasteiger partial charge in [0, 0.05) is 6.07 Å². The van der Waals surface area contributed by atoms with Crippen molar-refractivity contribution in [2.45, 2.75) is 10.4 Å². The number of amides is 1. The van der Waals surface area contributed by atoms with E-state index in [9.17, 15) is 36.5 Å². The number of hydrogen-bond donors (Lipinski definition) is 1. The third-order valence-electron chi connectivity index (χ3n) is 2.00. The largest absolute Gasteiger partial charge is 0.501 e. The van der Waals surface area contributed by atoms with Crippen LogP contribution in [-0.2, 0) is 14.6 Å². The maximum atomic E-state index is 12.3. The molecule has 0 unspecified atom stereocenters. The number of nitrogens with zero attached hydrogens (tertiary/aromatic N) is 1. The van der Waals surface area contributed by atoms with Gasteiger partial charge in [0.1, 0.15) is 5.69 Å². The maximum Gasteiger partial charge on any atom is 0.501 e. The summed E-state index contributed by atoms with van der Waals surface area (Å²) in [4.78, 5) is 18.4. The van der Waals surface area contributed by atoms with E-state index >= 15 is 0 Å². The number of nitrogens with one attached hydrogen (secondary N) is 1. The fourth-order valence-electron chi connectivity index (χ4n) is 1.15. The lowest BCUT2D eigenvalue weighted by molar-refractivity contribution is -0.384. The molecule has 0 aliphatic heterocycles. The van der Waals surface area contributed by atoms with Crippen molar-refractivity contribution in [2.75, 3.05) is 5.32 Å². The van der Waals surface area contributed by atoms with E-state index in [1.807, 2.05) is 5.32 Å². The first-order valence-electron chi connectivity index (χ1n) is 4.41. The summed E-state index contributed by atoms with van der Waals surface area (Å²) >= 11 is 0. The van der Waals surface area contributed by atoms with E-state index in [4.69, 9.17) is 0 Å². The summed E-state index contributed by atoms with van der Waals surface area (Å²) in [6.07, 6.45) is 0.0697. The molecule has 0 aliphatic carbocycles. The van der Waals surface area contributed by atoms with E-state index in [0.29, 0.717) is 12.1 Å². The number of halogens is 3. The van der Waals surface area contributed by atoms with Crippen LogP contribution >= 0.6 is 0 Å². The Balaban J connectivity index is 3.47. The van der Waals surface area contributed by atoms with Gasteiger partial charge < -0.3 is 5.32 Å². The lowest BCUT2D eigenvalue weighted by Gasteiger charge is -2.08. The first-order valence-corrected chi connectivity index (χ1v) is 5.89. The van der Waals surface area contributed by atoms with E-state index < -0.39 is 36.5 Å². The van der Waals surface area contributed by atoms with Crippen LogP contribution in [0.4, 0.5) is 24.5 Å². The molecule has 0 fully saturated rings. The standard InChI is InChI=1S/C8H5F3N2O5S/c9-8(10,11)19(17,18)5-1-2-6(12-4-14)7(3-5)13(15)16/h1-4H,(H,12,14). The molecular formula is C8H5F3N2O5S. The molecule has 11 heteroatoms. The number of benzene rings is 1. The summed E-state index contributed by atoms with van der Waals surface area (Å²) in [5.74, 6) is 0. The molecule has 0 heterocycles. The second-order valence-corrected chi connectivity index (χ2v) is 5.09. The number of carbonyl (C=O) groups is 1. The van der Waals surface area contributed by atoms with E-state index in [1.54, 1.807) is 0 Å². The molecule has 104 valence electrons. The second kappa shape index (κ2) is 4.84. The van der Waals surface area contributed by atoms with Crippen molar-refractivity contribution in [3.63, 3.8) is 0 Å². The molecule has 0 spiro atoms. The molecule has 0 aromatic heterocycles. The predicted molar refractivity (Wildman–Crippen MR) is 56.0 cm³/mol. The highest BCUT2D eigenvalue weighted by molar-refractivity contribution is 7.92. The van der Waals surface area contributed by atoms with E-state index in [1.165, 1.54) is 0 Å². The zero-order valence-corrected chi connectivity index (χ0v) is 9.66. The zero-order valence-electron chi connectivity index (χ0n) is 8.84. The number of nitro benzene ring substituents is 1. The highest BCUT2D eigenvalue weighted by Gasteiger charge is 2.47. The van der Waals surface area contributed by atoms with Gasteiger partial charge in [0.2, 0.25) is 6.41 Å². The highest BCUT2D eigenvalue weighted by Crippen LogP contribution is 2.34. The number of sulfone groups is 1. The third-order valence-corrected chi connectivity index (χ3v) is 3.48. The van der Waals surface area contributed by atoms with Crippen molar-refractivity contribution in [1.82, 2.24) is 0 Å². The van der Waals surface area contributed by atoms with Gasteiger partial charge in [-0.3, -0.25) is 14.9 Å². The Kier molecular flexibility index (Phi) is 3.79. The Morgan fingerprint density at radius 3 is 2.32 bits per heavy atom. The fourth-order valence-corrected chi connectivity index (χ4v) is 1.93. The quantitative estimate of drug-likeness (QED) is 0.514. The molecule has 1 amide bonds. The Hall–Kier alpha value is -2.17. The Morgan fingerprint density at radius 2 is 1.89 bits per heavy atom. The van der Waals surface area contributed by atoms with Gasteiger partial charge in [0.05, 0.1) is 9.82 Å². The number of hydrogen-bond acceptors (Lipinski definition) is 5. The molecule has 1 rings (SSSR count). The Labute approximate surface area is 104 Å². The average molecular weight is 298 g/mol. The summed E-state index contributed by atoms with van der Waals surface area (Å²) in [6.45, 7) is 0. The van der Waals surface area contributed by atoms with E-state index in [0.717, 1.165) is 0 Å². The highest BCUT2D eigenvalue weighted by atomic mass is 32.2. The van der Waals surface area contributed by atoms with Crippen LogP contribution in [0.15, 0.2) is 23.1 Å². The van der Waals surface area contributed by atoms with Crippen LogP contribution in [0.1, 0.15) is 0 Å². The first-order chi connectivity index (χ1) is 8.61. The normalized spacial score (nSPS) is 11.9. The van der Waals surface area contributed by atoms with Crippen molar-refractivity contribution in [2.24, 2.45) is 0 Å². The van der Waals surface area contributed by atoms with Gasteiger partial charge in [0.25, 0.3) is 15.5 Å². The van der Waals surface area contributed by atoms with Gasteiger partial charge in [-0.25, -0.2) is 8.42 Å². The van der Waals surface area contributed by atoms with Crippen LogP contribution < -0.4 is 5.32 Å². The third kappa shape index (κ3) is 2.81. The summed E-state index contributed by atoms with van der Waals surface area (Å²) in [5, 5.41) is 12.5. The molecule has 0 atom stereocenters. The van der Waals surface area contributed by atoms with Gasteiger partial charge in [0.15, 0.2) is 0 Å². The molecular weight excluding hydrogens is 293 g/mol. The number of alkyl halides is 3. The van der Waals surface area contributed by atoms with Gasteiger partial charge in [-0.05, 0) is 12.1 Å². The van der Waals surface area contributed by atoms with E-state index in [2.05, 4.69) is 0 Å². The predicted octanol–water partition coefficient (Wildman–Crippen LogP) is 1.46. The van der Waals surface area contributed by atoms with Crippen LogP contribution in [-0.4, -0.2) is 25.3 Å². The summed E-state index contributed by atoms with van der Waals surface area (Å²) in [6, 6.07) is 1.45. The Bertz CT molecular complexity index is 626. The Morgan fingerprint density at radius 1 is 1.32 bits per heavy atom. The minimum absolute atomic E-state index is 0.0697. The number of carbonyl (C=O) groups excluding carboxylic acids is 1. The lowest BCUT2D eigenvalue weighted by Crippen LogP contribution is -2.23. The van der Waals surface area contributed by atoms with Gasteiger partial charge >= 0.3 is 5.51 Å². The van der Waals surface area contributed by atoms with Gasteiger partial charge in [-0.1, -0.05) is 0 Å². The molecule has 0 bridgehead atoms. The fraction of sp³-hybridized carbons (Fsp3) is 0.125. The van der Waals surface area contributed by atoms with Crippen molar-refractivity contribution >= 4 is 27.6 Å².